The number of methoxy groups -OCH3 is 1. The van der Waals surface area contributed by atoms with Crippen molar-refractivity contribution < 1.29 is 9.47 Å². The molecule has 0 spiro atoms. The van der Waals surface area contributed by atoms with Crippen LogP contribution in [0.25, 0.3) is 0 Å². The molecule has 1 saturated heterocycles. The van der Waals surface area contributed by atoms with E-state index in [1.54, 1.807) is 7.11 Å². The van der Waals surface area contributed by atoms with Crippen LogP contribution < -0.4 is 0 Å². The Bertz CT molecular complexity index is 308. The highest BCUT2D eigenvalue weighted by Crippen LogP contribution is 2.10. The molecule has 5 nitrogen and oxygen atoms in total. The Morgan fingerprint density at radius 1 is 1.50 bits per heavy atom. The third-order valence-corrected chi connectivity index (χ3v) is 2.79. The van der Waals surface area contributed by atoms with Crippen LogP contribution in [0.15, 0.2) is 0 Å². The van der Waals surface area contributed by atoms with Crippen LogP contribution in [-0.4, -0.2) is 55.1 Å². The molecule has 1 radical (unpaired) electrons. The lowest BCUT2D eigenvalue weighted by Crippen LogP contribution is -2.36. The van der Waals surface area contributed by atoms with Crippen LogP contribution in [0.4, 0.5) is 0 Å². The van der Waals surface area contributed by atoms with Gasteiger partial charge in [-0.05, 0) is 6.42 Å². The summed E-state index contributed by atoms with van der Waals surface area (Å²) >= 11 is 0. The highest BCUT2D eigenvalue weighted by molar-refractivity contribution is 5.15. The molecule has 1 N–H and O–H groups in total. The molecule has 0 bridgehead atoms. The van der Waals surface area contributed by atoms with E-state index >= 15 is 0 Å². The molecular weight excluding hydrogens is 206 g/mol. The predicted octanol–water partition coefficient (Wildman–Crippen LogP) is 0.231. The number of nitrogens with zero attached hydrogens (tertiary/aromatic N) is 2. The molecule has 1 aromatic heterocycles. The fourth-order valence-corrected chi connectivity index (χ4v) is 1.82. The van der Waals surface area contributed by atoms with E-state index in [-0.39, 0.29) is 0 Å². The number of hydrogen-bond donors (Lipinski definition) is 1. The van der Waals surface area contributed by atoms with E-state index in [1.165, 1.54) is 0 Å². The van der Waals surface area contributed by atoms with Crippen molar-refractivity contribution >= 4 is 0 Å². The summed E-state index contributed by atoms with van der Waals surface area (Å²) in [6.45, 7) is 5.24. The highest BCUT2D eigenvalue weighted by atomic mass is 16.5. The van der Waals surface area contributed by atoms with Crippen molar-refractivity contribution in [1.29, 1.82) is 0 Å². The summed E-state index contributed by atoms with van der Waals surface area (Å²) in [5.41, 5.74) is 2.28. The summed E-state index contributed by atoms with van der Waals surface area (Å²) in [7, 11) is 1.71. The van der Waals surface area contributed by atoms with Gasteiger partial charge in [0.25, 0.3) is 0 Å². The van der Waals surface area contributed by atoms with Gasteiger partial charge in [-0.2, -0.15) is 5.10 Å². The summed E-state index contributed by atoms with van der Waals surface area (Å²) in [4.78, 5) is 2.36. The minimum absolute atomic E-state index is 0.714. The number of hydrogen-bond acceptors (Lipinski definition) is 4. The average molecular weight is 224 g/mol. The van der Waals surface area contributed by atoms with Crippen LogP contribution in [0.2, 0.25) is 0 Å². The quantitative estimate of drug-likeness (QED) is 0.778. The molecule has 89 valence electrons. The van der Waals surface area contributed by atoms with Gasteiger partial charge in [-0.3, -0.25) is 10.00 Å². The first kappa shape index (κ1) is 11.6. The van der Waals surface area contributed by atoms with Crippen LogP contribution >= 0.6 is 0 Å². The Balaban J connectivity index is 1.89. The lowest BCUT2D eigenvalue weighted by Gasteiger charge is -2.26. The van der Waals surface area contributed by atoms with Crippen molar-refractivity contribution in [3.63, 3.8) is 0 Å². The Morgan fingerprint density at radius 3 is 3.06 bits per heavy atom. The Labute approximate surface area is 95.7 Å². The smallest absolute Gasteiger partial charge is 0.116 e. The van der Waals surface area contributed by atoms with Crippen molar-refractivity contribution in [2.24, 2.45) is 0 Å². The molecule has 2 rings (SSSR count). The van der Waals surface area contributed by atoms with Gasteiger partial charge in [0, 0.05) is 32.3 Å². The molecule has 0 atom stereocenters. The summed E-state index contributed by atoms with van der Waals surface area (Å²) in [5, 5.41) is 7.00. The summed E-state index contributed by atoms with van der Waals surface area (Å²) in [5.74, 6) is 0. The van der Waals surface area contributed by atoms with E-state index in [0.717, 1.165) is 50.5 Å². The first-order valence-electron chi connectivity index (χ1n) is 5.63. The Hall–Kier alpha value is -0.910. The molecule has 1 fully saturated rings. The van der Waals surface area contributed by atoms with Crippen LogP contribution in [0.1, 0.15) is 11.3 Å². The van der Waals surface area contributed by atoms with Crippen molar-refractivity contribution in [3.8, 4) is 0 Å². The summed E-state index contributed by atoms with van der Waals surface area (Å²) in [6, 6.07) is 0. The predicted molar refractivity (Wildman–Crippen MR) is 59.1 cm³/mol. The topological polar surface area (TPSA) is 50.4 Å². The average Bonchev–Trinajstić information content (AvgIpc) is 2.75. The van der Waals surface area contributed by atoms with Gasteiger partial charge in [0.05, 0.1) is 25.5 Å². The first-order chi connectivity index (χ1) is 7.90. The van der Waals surface area contributed by atoms with Crippen molar-refractivity contribution in [2.45, 2.75) is 13.0 Å². The monoisotopic (exact) mass is 224 g/mol. The molecule has 0 unspecified atom stereocenters. The van der Waals surface area contributed by atoms with Gasteiger partial charge in [0.2, 0.25) is 0 Å². The second kappa shape index (κ2) is 5.98. The lowest BCUT2D eigenvalue weighted by atomic mass is 10.2. The van der Waals surface area contributed by atoms with E-state index in [4.69, 9.17) is 9.47 Å². The molecule has 1 aliphatic rings. The van der Waals surface area contributed by atoms with Gasteiger partial charge in [-0.15, -0.1) is 0 Å². The highest BCUT2D eigenvalue weighted by Gasteiger charge is 2.14. The Kier molecular flexibility index (Phi) is 4.33. The minimum atomic E-state index is 0.714. The number of aromatic amines is 1. The molecule has 16 heavy (non-hydrogen) atoms. The van der Waals surface area contributed by atoms with Gasteiger partial charge in [-0.25, -0.2) is 0 Å². The molecule has 2 heterocycles. The zero-order chi connectivity index (χ0) is 11.2. The molecular formula is C11H18N3O2. The normalized spacial score (nSPS) is 17.8. The van der Waals surface area contributed by atoms with Gasteiger partial charge >= 0.3 is 0 Å². The fraction of sp³-hybridized carbons (Fsp3) is 0.727. The van der Waals surface area contributed by atoms with E-state index in [9.17, 15) is 0 Å². The maximum atomic E-state index is 5.32. The Morgan fingerprint density at radius 2 is 2.31 bits per heavy atom. The first-order valence-corrected chi connectivity index (χ1v) is 5.63. The summed E-state index contributed by atoms with van der Waals surface area (Å²) in [6.07, 6.45) is 3.85. The van der Waals surface area contributed by atoms with Gasteiger partial charge in [0.15, 0.2) is 0 Å². The van der Waals surface area contributed by atoms with Crippen LogP contribution in [0, 0.1) is 6.20 Å². The largest absolute Gasteiger partial charge is 0.384 e. The molecule has 0 aliphatic carbocycles. The standard InChI is InChI=1S/C11H18N3O2/c1-15-5-2-10-8-12-13-11(10)9-14-3-6-16-7-4-14/h2-7,9H2,1H3,(H,12,13). The van der Waals surface area contributed by atoms with Crippen molar-refractivity contribution in [2.75, 3.05) is 40.0 Å². The van der Waals surface area contributed by atoms with Crippen LogP contribution in [0.5, 0.6) is 0 Å². The SMILES string of the molecule is COCCc1[c]n[nH]c1CN1CCOCC1. The minimum Gasteiger partial charge on any atom is -0.384 e. The molecule has 5 heteroatoms. The number of morpholine rings is 1. The van der Waals surface area contributed by atoms with Crippen molar-refractivity contribution in [1.82, 2.24) is 15.1 Å². The molecule has 0 saturated carbocycles. The van der Waals surface area contributed by atoms with Crippen molar-refractivity contribution in [3.05, 3.63) is 17.5 Å². The zero-order valence-electron chi connectivity index (χ0n) is 9.66. The zero-order valence-corrected chi connectivity index (χ0v) is 9.66. The second-order valence-corrected chi connectivity index (χ2v) is 3.92. The van der Waals surface area contributed by atoms with E-state index < -0.39 is 0 Å². The third kappa shape index (κ3) is 3.04. The van der Waals surface area contributed by atoms with E-state index in [1.807, 2.05) is 0 Å². The van der Waals surface area contributed by atoms with Gasteiger partial charge in [0.1, 0.15) is 6.20 Å². The number of rotatable bonds is 5. The lowest BCUT2D eigenvalue weighted by molar-refractivity contribution is 0.0335. The molecule has 1 aliphatic heterocycles. The van der Waals surface area contributed by atoms with Gasteiger partial charge in [-0.1, -0.05) is 0 Å². The van der Waals surface area contributed by atoms with E-state index in [0.29, 0.717) is 6.61 Å². The molecule has 1 aromatic rings. The number of nitrogens with one attached hydrogen (secondary N) is 1. The van der Waals surface area contributed by atoms with E-state index in [2.05, 4.69) is 21.3 Å². The maximum Gasteiger partial charge on any atom is 0.116 e. The third-order valence-electron chi connectivity index (χ3n) is 2.79. The van der Waals surface area contributed by atoms with Crippen LogP contribution in [0.3, 0.4) is 0 Å². The molecule has 0 amide bonds. The van der Waals surface area contributed by atoms with Gasteiger partial charge < -0.3 is 9.47 Å². The fourth-order valence-electron chi connectivity index (χ4n) is 1.82. The maximum absolute atomic E-state index is 5.32. The summed E-state index contributed by atoms with van der Waals surface area (Å²) < 4.78 is 10.4. The van der Waals surface area contributed by atoms with Crippen LogP contribution in [-0.2, 0) is 22.4 Å². The number of aromatic nitrogens is 2. The molecule has 0 aromatic carbocycles. The number of H-pyrrole nitrogens is 1. The second-order valence-electron chi connectivity index (χ2n) is 3.92. The number of ether oxygens (including phenoxy) is 2.